The first-order chi connectivity index (χ1) is 8.25. The number of allylic oxidation sites excluding steroid dienone is 1. The second-order valence-electron chi connectivity index (χ2n) is 3.54. The summed E-state index contributed by atoms with van der Waals surface area (Å²) >= 11 is 1.56. The third-order valence-electron chi connectivity index (χ3n) is 2.52. The van der Waals surface area contributed by atoms with Crippen LogP contribution in [0.5, 0.6) is 0 Å². The Bertz CT molecular complexity index is 587. The quantitative estimate of drug-likeness (QED) is 0.838. The van der Waals surface area contributed by atoms with E-state index in [1.165, 1.54) is 6.33 Å². The number of anilines is 1. The molecule has 6 nitrogen and oxygen atoms in total. The van der Waals surface area contributed by atoms with Crippen molar-refractivity contribution < 1.29 is 9.90 Å². The summed E-state index contributed by atoms with van der Waals surface area (Å²) in [4.78, 5) is 15.0. The topological polar surface area (TPSA) is 80.0 Å². The van der Waals surface area contributed by atoms with Gasteiger partial charge in [-0.15, -0.1) is 0 Å². The second-order valence-corrected chi connectivity index (χ2v) is 4.32. The zero-order chi connectivity index (χ0) is 11.8. The highest BCUT2D eigenvalue weighted by atomic mass is 32.1. The van der Waals surface area contributed by atoms with Crippen LogP contribution in [-0.4, -0.2) is 25.8 Å². The van der Waals surface area contributed by atoms with Crippen LogP contribution in [0.3, 0.4) is 0 Å². The number of aromatic nitrogens is 3. The number of carbonyl (C=O) groups is 1. The monoisotopic (exact) mass is 248 g/mol. The largest absolute Gasteiger partial charge is 0.477 e. The number of rotatable bonds is 2. The number of carboxylic acid groups (broad SMARTS) is 1. The van der Waals surface area contributed by atoms with E-state index < -0.39 is 5.97 Å². The molecule has 2 N–H and O–H groups in total. The van der Waals surface area contributed by atoms with Crippen LogP contribution in [0.15, 0.2) is 34.9 Å². The van der Waals surface area contributed by atoms with Crippen LogP contribution in [-0.2, 0) is 4.79 Å². The SMILES string of the molecule is O=C(O)C1=CC(c2ccsc2)n2ncnc2N1. The normalized spacial score (nSPS) is 18.1. The molecule has 1 aliphatic rings. The number of hydrogen-bond acceptors (Lipinski definition) is 5. The third kappa shape index (κ3) is 1.60. The molecule has 3 rings (SSSR count). The average molecular weight is 248 g/mol. The Morgan fingerprint density at radius 3 is 3.18 bits per heavy atom. The van der Waals surface area contributed by atoms with Crippen LogP contribution in [0.4, 0.5) is 5.95 Å². The molecule has 1 unspecified atom stereocenters. The molecular formula is C10H8N4O2S. The molecule has 0 bridgehead atoms. The summed E-state index contributed by atoms with van der Waals surface area (Å²) in [5.41, 5.74) is 1.13. The van der Waals surface area contributed by atoms with Crippen LogP contribution in [0, 0.1) is 0 Å². The number of hydrogen-bond donors (Lipinski definition) is 2. The Morgan fingerprint density at radius 1 is 1.59 bits per heavy atom. The number of carboxylic acids is 1. The first-order valence-corrected chi connectivity index (χ1v) is 5.84. The van der Waals surface area contributed by atoms with Gasteiger partial charge in [0, 0.05) is 0 Å². The van der Waals surface area contributed by atoms with Crippen LogP contribution >= 0.6 is 11.3 Å². The number of fused-ring (bicyclic) bond motifs is 1. The van der Waals surface area contributed by atoms with Crippen molar-refractivity contribution in [3.63, 3.8) is 0 Å². The second kappa shape index (κ2) is 3.70. The Hall–Kier alpha value is -2.15. The molecule has 0 aromatic carbocycles. The molecule has 86 valence electrons. The minimum absolute atomic E-state index is 0.127. The van der Waals surface area contributed by atoms with Gasteiger partial charge >= 0.3 is 5.97 Å². The molecule has 2 aromatic heterocycles. The van der Waals surface area contributed by atoms with Gasteiger partial charge in [0.1, 0.15) is 18.1 Å². The van der Waals surface area contributed by atoms with E-state index >= 15 is 0 Å². The molecule has 1 aliphatic heterocycles. The van der Waals surface area contributed by atoms with Crippen LogP contribution < -0.4 is 5.32 Å². The molecule has 3 heterocycles. The molecule has 0 aliphatic carbocycles. The first-order valence-electron chi connectivity index (χ1n) is 4.89. The number of nitrogens with one attached hydrogen (secondary N) is 1. The smallest absolute Gasteiger partial charge is 0.352 e. The molecule has 0 saturated carbocycles. The highest BCUT2D eigenvalue weighted by Crippen LogP contribution is 2.29. The Balaban J connectivity index is 2.10. The minimum atomic E-state index is -1.00. The van der Waals surface area contributed by atoms with Gasteiger partial charge in [0.15, 0.2) is 0 Å². The molecule has 2 aromatic rings. The molecule has 0 amide bonds. The Morgan fingerprint density at radius 2 is 2.47 bits per heavy atom. The van der Waals surface area contributed by atoms with Crippen LogP contribution in [0.2, 0.25) is 0 Å². The van der Waals surface area contributed by atoms with Crippen LogP contribution in [0.1, 0.15) is 11.6 Å². The van der Waals surface area contributed by atoms with E-state index in [4.69, 9.17) is 5.11 Å². The lowest BCUT2D eigenvalue weighted by molar-refractivity contribution is -0.132. The van der Waals surface area contributed by atoms with E-state index in [0.29, 0.717) is 5.95 Å². The Labute approximate surface area is 100 Å². The van der Waals surface area contributed by atoms with Gasteiger partial charge in [-0.1, -0.05) is 0 Å². The van der Waals surface area contributed by atoms with Crippen molar-refractivity contribution in [1.82, 2.24) is 14.8 Å². The lowest BCUT2D eigenvalue weighted by atomic mass is 10.1. The number of nitrogens with zero attached hydrogens (tertiary/aromatic N) is 3. The fraction of sp³-hybridized carbons (Fsp3) is 0.100. The highest BCUT2D eigenvalue weighted by molar-refractivity contribution is 7.08. The standard InChI is InChI=1S/C10H8N4O2S/c15-9(16)7-3-8(6-1-2-17-4-6)14-10(13-7)11-5-12-14/h1-5,8H,(H,15,16)(H,11,12,13). The maximum absolute atomic E-state index is 11.0. The van der Waals surface area contributed by atoms with E-state index in [2.05, 4.69) is 15.4 Å². The Kier molecular flexibility index (Phi) is 2.19. The molecule has 17 heavy (non-hydrogen) atoms. The van der Waals surface area contributed by atoms with Gasteiger partial charge in [-0.05, 0) is 28.5 Å². The fourth-order valence-electron chi connectivity index (χ4n) is 1.74. The maximum atomic E-state index is 11.0. The average Bonchev–Trinajstić information content (AvgIpc) is 2.98. The number of aliphatic carboxylic acids is 1. The van der Waals surface area contributed by atoms with E-state index in [1.807, 2.05) is 16.8 Å². The number of thiophene rings is 1. The molecular weight excluding hydrogens is 240 g/mol. The summed E-state index contributed by atoms with van der Waals surface area (Å²) in [5.74, 6) is -0.555. The zero-order valence-corrected chi connectivity index (χ0v) is 9.39. The van der Waals surface area contributed by atoms with Gasteiger partial charge in [0.05, 0.1) is 0 Å². The van der Waals surface area contributed by atoms with Crippen molar-refractivity contribution >= 4 is 23.3 Å². The summed E-state index contributed by atoms with van der Waals surface area (Å²) in [5, 5.41) is 19.8. The molecule has 0 fully saturated rings. The molecule has 7 heteroatoms. The summed E-state index contributed by atoms with van der Waals surface area (Å²) in [6, 6.07) is 1.73. The molecule has 0 spiro atoms. The summed E-state index contributed by atoms with van der Waals surface area (Å²) in [6.07, 6.45) is 3.03. The van der Waals surface area contributed by atoms with Crippen molar-refractivity contribution in [2.75, 3.05) is 5.32 Å². The van der Waals surface area contributed by atoms with Gasteiger partial charge in [0.2, 0.25) is 5.95 Å². The van der Waals surface area contributed by atoms with Gasteiger partial charge in [0.25, 0.3) is 0 Å². The zero-order valence-electron chi connectivity index (χ0n) is 8.57. The molecule has 1 atom stereocenters. The lowest BCUT2D eigenvalue weighted by Crippen LogP contribution is -2.24. The van der Waals surface area contributed by atoms with Crippen molar-refractivity contribution in [2.45, 2.75) is 6.04 Å². The van der Waals surface area contributed by atoms with Crippen LogP contribution in [0.25, 0.3) is 0 Å². The lowest BCUT2D eigenvalue weighted by Gasteiger charge is -2.21. The molecule has 0 radical (unpaired) electrons. The summed E-state index contributed by atoms with van der Waals surface area (Å²) in [6.45, 7) is 0. The van der Waals surface area contributed by atoms with E-state index in [1.54, 1.807) is 22.1 Å². The fourth-order valence-corrected chi connectivity index (χ4v) is 2.43. The predicted molar refractivity (Wildman–Crippen MR) is 61.8 cm³/mol. The maximum Gasteiger partial charge on any atom is 0.352 e. The van der Waals surface area contributed by atoms with Gasteiger partial charge in [-0.2, -0.15) is 21.4 Å². The summed E-state index contributed by atoms with van der Waals surface area (Å²) in [7, 11) is 0. The molecule has 0 saturated heterocycles. The van der Waals surface area contributed by atoms with Gasteiger partial charge in [-0.25, -0.2) is 9.48 Å². The van der Waals surface area contributed by atoms with E-state index in [0.717, 1.165) is 5.56 Å². The van der Waals surface area contributed by atoms with Gasteiger partial charge < -0.3 is 10.4 Å². The predicted octanol–water partition coefficient (Wildman–Crippen LogP) is 1.32. The highest BCUT2D eigenvalue weighted by Gasteiger charge is 2.25. The van der Waals surface area contributed by atoms with Crippen molar-refractivity contribution in [3.8, 4) is 0 Å². The van der Waals surface area contributed by atoms with Crippen molar-refractivity contribution in [3.05, 3.63) is 40.5 Å². The minimum Gasteiger partial charge on any atom is -0.477 e. The summed E-state index contributed by atoms with van der Waals surface area (Å²) < 4.78 is 1.66. The van der Waals surface area contributed by atoms with Crippen molar-refractivity contribution in [2.24, 2.45) is 0 Å². The van der Waals surface area contributed by atoms with E-state index in [9.17, 15) is 4.79 Å². The first kappa shape index (κ1) is 10.0. The third-order valence-corrected chi connectivity index (χ3v) is 3.22. The van der Waals surface area contributed by atoms with Crippen molar-refractivity contribution in [1.29, 1.82) is 0 Å². The van der Waals surface area contributed by atoms with Gasteiger partial charge in [-0.3, -0.25) is 0 Å². The van der Waals surface area contributed by atoms with E-state index in [-0.39, 0.29) is 11.7 Å².